The molecule has 0 spiro atoms. The molecule has 0 fully saturated rings. The average molecular weight is 315 g/mol. The summed E-state index contributed by atoms with van der Waals surface area (Å²) in [5, 5.41) is 2.73. The maximum absolute atomic E-state index is 13.5. The molecule has 0 aliphatic heterocycles. The van der Waals surface area contributed by atoms with Crippen LogP contribution in [0.5, 0.6) is 5.75 Å². The van der Waals surface area contributed by atoms with Crippen molar-refractivity contribution in [2.45, 2.75) is 39.3 Å². The summed E-state index contributed by atoms with van der Waals surface area (Å²) in [5.41, 5.74) is 1.12. The summed E-state index contributed by atoms with van der Waals surface area (Å²) in [7, 11) is 0. The SMILES string of the molecule is CC(C)(C)Oc1ccc(CC(=O)NCc2ccccc2F)cc1. The molecule has 0 radical (unpaired) electrons. The van der Waals surface area contributed by atoms with E-state index in [1.165, 1.54) is 6.07 Å². The molecule has 2 aromatic rings. The highest BCUT2D eigenvalue weighted by atomic mass is 19.1. The quantitative estimate of drug-likeness (QED) is 0.910. The van der Waals surface area contributed by atoms with Crippen LogP contribution < -0.4 is 10.1 Å². The second-order valence-electron chi connectivity index (χ2n) is 6.40. The number of hydrogen-bond acceptors (Lipinski definition) is 2. The molecule has 0 bridgehead atoms. The molecule has 4 heteroatoms. The minimum atomic E-state index is -0.309. The maximum atomic E-state index is 13.5. The largest absolute Gasteiger partial charge is 0.488 e. The predicted molar refractivity (Wildman–Crippen MR) is 88.8 cm³/mol. The predicted octanol–water partition coefficient (Wildman–Crippen LogP) is 3.86. The van der Waals surface area contributed by atoms with Gasteiger partial charge in [0.2, 0.25) is 5.91 Å². The molecule has 0 aromatic heterocycles. The molecular formula is C19H22FNO2. The molecule has 0 aliphatic carbocycles. The van der Waals surface area contributed by atoms with Crippen LogP contribution in [0.25, 0.3) is 0 Å². The lowest BCUT2D eigenvalue weighted by Gasteiger charge is -2.21. The van der Waals surface area contributed by atoms with E-state index < -0.39 is 0 Å². The summed E-state index contributed by atoms with van der Waals surface area (Å²) in [5.74, 6) is 0.322. The lowest BCUT2D eigenvalue weighted by atomic mass is 10.1. The van der Waals surface area contributed by atoms with Crippen LogP contribution in [0.3, 0.4) is 0 Å². The van der Waals surface area contributed by atoms with Gasteiger partial charge in [0.05, 0.1) is 6.42 Å². The van der Waals surface area contributed by atoms with Crippen molar-refractivity contribution in [2.24, 2.45) is 0 Å². The fourth-order valence-corrected chi connectivity index (χ4v) is 2.11. The van der Waals surface area contributed by atoms with Crippen molar-refractivity contribution in [1.82, 2.24) is 5.32 Å². The van der Waals surface area contributed by atoms with Gasteiger partial charge in [0.25, 0.3) is 0 Å². The highest BCUT2D eigenvalue weighted by Crippen LogP contribution is 2.18. The van der Waals surface area contributed by atoms with E-state index in [1.807, 2.05) is 45.0 Å². The topological polar surface area (TPSA) is 38.3 Å². The molecular weight excluding hydrogens is 293 g/mol. The second-order valence-corrected chi connectivity index (χ2v) is 6.40. The van der Waals surface area contributed by atoms with Gasteiger partial charge in [-0.3, -0.25) is 4.79 Å². The minimum Gasteiger partial charge on any atom is -0.488 e. The van der Waals surface area contributed by atoms with E-state index in [9.17, 15) is 9.18 Å². The van der Waals surface area contributed by atoms with E-state index in [2.05, 4.69) is 5.32 Å². The van der Waals surface area contributed by atoms with Crippen LogP contribution in [0.15, 0.2) is 48.5 Å². The molecule has 1 amide bonds. The monoisotopic (exact) mass is 315 g/mol. The lowest BCUT2D eigenvalue weighted by Crippen LogP contribution is -2.25. The third-order valence-electron chi connectivity index (χ3n) is 3.15. The fraction of sp³-hybridized carbons (Fsp3) is 0.316. The molecule has 122 valence electrons. The molecule has 0 heterocycles. The van der Waals surface area contributed by atoms with E-state index in [-0.39, 0.29) is 30.3 Å². The van der Waals surface area contributed by atoms with Crippen molar-refractivity contribution in [3.8, 4) is 5.75 Å². The Morgan fingerprint density at radius 2 is 1.74 bits per heavy atom. The number of halogens is 1. The zero-order chi connectivity index (χ0) is 16.9. The van der Waals surface area contributed by atoms with Gasteiger partial charge in [-0.1, -0.05) is 30.3 Å². The average Bonchev–Trinajstić information content (AvgIpc) is 2.47. The van der Waals surface area contributed by atoms with E-state index in [1.54, 1.807) is 18.2 Å². The third kappa shape index (κ3) is 5.74. The van der Waals surface area contributed by atoms with E-state index >= 15 is 0 Å². The van der Waals surface area contributed by atoms with Crippen molar-refractivity contribution >= 4 is 5.91 Å². The van der Waals surface area contributed by atoms with Crippen molar-refractivity contribution in [3.05, 3.63) is 65.5 Å². The fourth-order valence-electron chi connectivity index (χ4n) is 2.11. The Hall–Kier alpha value is -2.36. The van der Waals surface area contributed by atoms with Crippen LogP contribution in [0.1, 0.15) is 31.9 Å². The van der Waals surface area contributed by atoms with Gasteiger partial charge in [0.15, 0.2) is 0 Å². The van der Waals surface area contributed by atoms with Crippen molar-refractivity contribution in [3.63, 3.8) is 0 Å². The zero-order valence-corrected chi connectivity index (χ0v) is 13.7. The Balaban J connectivity index is 1.87. The summed E-state index contributed by atoms with van der Waals surface area (Å²) < 4.78 is 19.2. The number of amides is 1. The number of hydrogen-bond donors (Lipinski definition) is 1. The third-order valence-corrected chi connectivity index (χ3v) is 3.15. The first-order valence-electron chi connectivity index (χ1n) is 7.61. The Bertz CT molecular complexity index is 660. The normalized spacial score (nSPS) is 11.1. The van der Waals surface area contributed by atoms with Gasteiger partial charge < -0.3 is 10.1 Å². The number of nitrogens with one attached hydrogen (secondary N) is 1. The first-order chi connectivity index (χ1) is 10.8. The Morgan fingerprint density at radius 3 is 2.35 bits per heavy atom. The number of carbonyl (C=O) groups excluding carboxylic acids is 1. The molecule has 3 nitrogen and oxygen atoms in total. The minimum absolute atomic E-state index is 0.141. The Morgan fingerprint density at radius 1 is 1.09 bits per heavy atom. The van der Waals surface area contributed by atoms with Crippen LogP contribution in [0.2, 0.25) is 0 Å². The molecule has 0 unspecified atom stereocenters. The summed E-state index contributed by atoms with van der Waals surface area (Å²) in [6, 6.07) is 13.9. The number of benzene rings is 2. The van der Waals surface area contributed by atoms with Gasteiger partial charge in [-0.2, -0.15) is 0 Å². The molecule has 1 N–H and O–H groups in total. The molecule has 2 aromatic carbocycles. The summed E-state index contributed by atoms with van der Waals surface area (Å²) in [4.78, 5) is 11.9. The van der Waals surface area contributed by atoms with Gasteiger partial charge in [0.1, 0.15) is 17.2 Å². The second kappa shape index (κ2) is 7.27. The molecule has 0 atom stereocenters. The standard InChI is InChI=1S/C19H22FNO2/c1-19(2,3)23-16-10-8-14(9-11-16)12-18(22)21-13-15-6-4-5-7-17(15)20/h4-11H,12-13H2,1-3H3,(H,21,22). The van der Waals surface area contributed by atoms with Crippen molar-refractivity contribution in [1.29, 1.82) is 0 Å². The van der Waals surface area contributed by atoms with Crippen LogP contribution in [0, 0.1) is 5.82 Å². The number of ether oxygens (including phenoxy) is 1. The van der Waals surface area contributed by atoms with Crippen molar-refractivity contribution < 1.29 is 13.9 Å². The van der Waals surface area contributed by atoms with E-state index in [0.29, 0.717) is 5.56 Å². The van der Waals surface area contributed by atoms with E-state index in [4.69, 9.17) is 4.74 Å². The number of carbonyl (C=O) groups is 1. The highest BCUT2D eigenvalue weighted by molar-refractivity contribution is 5.78. The Labute approximate surface area is 136 Å². The summed E-state index contributed by atoms with van der Waals surface area (Å²) in [6.45, 7) is 6.14. The molecule has 2 rings (SSSR count). The molecule has 0 aliphatic rings. The van der Waals surface area contributed by atoms with Crippen LogP contribution in [-0.4, -0.2) is 11.5 Å². The van der Waals surface area contributed by atoms with E-state index in [0.717, 1.165) is 11.3 Å². The van der Waals surface area contributed by atoms with Gasteiger partial charge in [-0.15, -0.1) is 0 Å². The molecule has 0 saturated heterocycles. The smallest absolute Gasteiger partial charge is 0.224 e. The maximum Gasteiger partial charge on any atom is 0.224 e. The number of rotatable bonds is 5. The first-order valence-corrected chi connectivity index (χ1v) is 7.61. The summed E-state index contributed by atoms with van der Waals surface area (Å²) in [6.07, 6.45) is 0.254. The molecule has 0 saturated carbocycles. The first kappa shape index (κ1) is 17.0. The highest BCUT2D eigenvalue weighted by Gasteiger charge is 2.12. The molecule has 23 heavy (non-hydrogen) atoms. The lowest BCUT2D eigenvalue weighted by molar-refractivity contribution is -0.120. The van der Waals surface area contributed by atoms with Crippen LogP contribution in [-0.2, 0) is 17.8 Å². The van der Waals surface area contributed by atoms with Gasteiger partial charge in [-0.25, -0.2) is 4.39 Å². The van der Waals surface area contributed by atoms with Gasteiger partial charge in [-0.05, 0) is 44.5 Å². The van der Waals surface area contributed by atoms with Crippen LogP contribution in [0.4, 0.5) is 4.39 Å². The van der Waals surface area contributed by atoms with Crippen molar-refractivity contribution in [2.75, 3.05) is 0 Å². The van der Waals surface area contributed by atoms with Crippen LogP contribution >= 0.6 is 0 Å². The van der Waals surface area contributed by atoms with Gasteiger partial charge >= 0.3 is 0 Å². The Kier molecular flexibility index (Phi) is 5.37. The zero-order valence-electron chi connectivity index (χ0n) is 13.7. The summed E-state index contributed by atoms with van der Waals surface area (Å²) >= 11 is 0. The van der Waals surface area contributed by atoms with Gasteiger partial charge in [0, 0.05) is 12.1 Å².